The minimum Gasteiger partial charge on any atom is -0.478 e. The molecule has 3 aromatic rings. The monoisotopic (exact) mass is 666 g/mol. The molecule has 6 rings (SSSR count). The predicted molar refractivity (Wildman–Crippen MR) is 182 cm³/mol. The van der Waals surface area contributed by atoms with Gasteiger partial charge < -0.3 is 29.3 Å². The van der Waals surface area contributed by atoms with E-state index in [9.17, 15) is 14.7 Å². The molecule has 0 saturated carbocycles. The number of rotatable bonds is 6. The van der Waals surface area contributed by atoms with Crippen molar-refractivity contribution in [2.24, 2.45) is 5.41 Å². The number of aromatic carboxylic acids is 1. The number of amides is 1. The average molecular weight is 668 g/mol. The second-order valence-electron chi connectivity index (χ2n) is 13.3. The zero-order valence-corrected chi connectivity index (χ0v) is 28.0. The maximum atomic E-state index is 13.8. The van der Waals surface area contributed by atoms with Crippen LogP contribution in [0.15, 0.2) is 48.5 Å². The maximum absolute atomic E-state index is 13.8. The van der Waals surface area contributed by atoms with E-state index in [0.29, 0.717) is 54.3 Å². The van der Waals surface area contributed by atoms with Crippen molar-refractivity contribution >= 4 is 46.5 Å². The van der Waals surface area contributed by atoms with E-state index in [4.69, 9.17) is 32.7 Å². The van der Waals surface area contributed by atoms with Crippen LogP contribution in [-0.4, -0.2) is 92.5 Å². The Morgan fingerprint density at radius 1 is 0.891 bits per heavy atom. The number of ether oxygens (including phenoxy) is 2. The molecule has 3 aliphatic heterocycles. The average Bonchev–Trinajstić information content (AvgIpc) is 3.03. The van der Waals surface area contributed by atoms with Gasteiger partial charge in [0.25, 0.3) is 5.91 Å². The fraction of sp³-hybridized carbons (Fsp3) is 0.429. The lowest BCUT2D eigenvalue weighted by molar-refractivity contribution is 0.0516. The molecule has 0 atom stereocenters. The molecule has 11 heteroatoms. The first-order valence-electron chi connectivity index (χ1n) is 15.7. The Hall–Kier alpha value is -3.50. The van der Waals surface area contributed by atoms with E-state index in [2.05, 4.69) is 30.6 Å². The summed E-state index contributed by atoms with van der Waals surface area (Å²) in [6.45, 7) is 14.1. The van der Waals surface area contributed by atoms with Gasteiger partial charge in [-0.1, -0.05) is 68.2 Å². The van der Waals surface area contributed by atoms with Crippen molar-refractivity contribution in [2.45, 2.75) is 27.3 Å². The van der Waals surface area contributed by atoms with Gasteiger partial charge in [-0.3, -0.25) is 9.69 Å². The minimum atomic E-state index is -0.974. The van der Waals surface area contributed by atoms with Crippen LogP contribution in [0.5, 0.6) is 5.75 Å². The number of carboxylic acid groups (broad SMARTS) is 1. The summed E-state index contributed by atoms with van der Waals surface area (Å²) < 4.78 is 11.7. The molecule has 1 amide bonds. The number of fused-ring (bicyclic) bond motifs is 1. The number of anilines is 2. The molecule has 244 valence electrons. The van der Waals surface area contributed by atoms with E-state index in [1.54, 1.807) is 17.0 Å². The topological polar surface area (TPSA) is 85.8 Å². The molecule has 46 heavy (non-hydrogen) atoms. The fourth-order valence-corrected chi connectivity index (χ4v) is 7.15. The summed E-state index contributed by atoms with van der Waals surface area (Å²) in [7, 11) is 0. The lowest BCUT2D eigenvalue weighted by Crippen LogP contribution is -2.48. The lowest BCUT2D eigenvalue weighted by Gasteiger charge is -2.39. The van der Waals surface area contributed by atoms with Crippen LogP contribution in [0.2, 0.25) is 10.0 Å². The summed E-state index contributed by atoms with van der Waals surface area (Å²) >= 11 is 13.5. The number of carbonyl (C=O) groups excluding carboxylic acids is 1. The fourth-order valence-electron chi connectivity index (χ4n) is 6.52. The molecule has 0 unspecified atom stereocenters. The number of morpholine rings is 1. The Labute approximate surface area is 280 Å². The van der Waals surface area contributed by atoms with Crippen LogP contribution >= 0.6 is 23.2 Å². The minimum absolute atomic E-state index is 0.0243. The van der Waals surface area contributed by atoms with Crippen molar-refractivity contribution in [3.05, 3.63) is 75.3 Å². The summed E-state index contributed by atoms with van der Waals surface area (Å²) in [4.78, 5) is 34.2. The number of carbonyl (C=O) groups is 2. The van der Waals surface area contributed by atoms with E-state index in [0.717, 1.165) is 55.1 Å². The maximum Gasteiger partial charge on any atom is 0.337 e. The zero-order valence-electron chi connectivity index (χ0n) is 26.5. The Balaban J connectivity index is 1.19. The van der Waals surface area contributed by atoms with Crippen LogP contribution in [0.4, 0.5) is 11.4 Å². The van der Waals surface area contributed by atoms with E-state index < -0.39 is 5.97 Å². The van der Waals surface area contributed by atoms with Gasteiger partial charge in [0.15, 0.2) is 6.73 Å². The van der Waals surface area contributed by atoms with Crippen LogP contribution in [0, 0.1) is 5.41 Å². The molecule has 0 spiro atoms. The van der Waals surface area contributed by atoms with Gasteiger partial charge in [-0.15, -0.1) is 0 Å². The largest absolute Gasteiger partial charge is 0.478 e. The molecule has 9 nitrogen and oxygen atoms in total. The van der Waals surface area contributed by atoms with Crippen molar-refractivity contribution in [3.8, 4) is 16.9 Å². The Kier molecular flexibility index (Phi) is 9.39. The SMILES string of the molecule is CC(C)(C)CN1CCN(c2cc(Cl)c(C(=O)N3COc4c(cccc4-c4ccc(C(=O)O)c(N5CCOCC5)c4)C3)c(Cl)c2)CC1. The molecule has 3 aliphatic rings. The molecule has 3 heterocycles. The number of piperazine rings is 1. The third-order valence-electron chi connectivity index (χ3n) is 8.68. The number of benzene rings is 3. The number of carboxylic acids is 1. The zero-order chi connectivity index (χ0) is 32.6. The summed E-state index contributed by atoms with van der Waals surface area (Å²) in [5, 5.41) is 10.5. The second-order valence-corrected chi connectivity index (χ2v) is 14.1. The highest BCUT2D eigenvalue weighted by Crippen LogP contribution is 2.40. The van der Waals surface area contributed by atoms with Crippen molar-refractivity contribution in [2.75, 3.05) is 75.6 Å². The van der Waals surface area contributed by atoms with Crippen molar-refractivity contribution in [3.63, 3.8) is 0 Å². The van der Waals surface area contributed by atoms with Crippen molar-refractivity contribution in [1.82, 2.24) is 9.80 Å². The van der Waals surface area contributed by atoms with Gasteiger partial charge in [0.1, 0.15) is 5.75 Å². The number of halogens is 2. The van der Waals surface area contributed by atoms with Gasteiger partial charge in [-0.2, -0.15) is 0 Å². The van der Waals surface area contributed by atoms with Crippen LogP contribution in [0.3, 0.4) is 0 Å². The molecule has 3 aromatic carbocycles. The van der Waals surface area contributed by atoms with E-state index >= 15 is 0 Å². The smallest absolute Gasteiger partial charge is 0.337 e. The Morgan fingerprint density at radius 3 is 2.24 bits per heavy atom. The quantitative estimate of drug-likeness (QED) is 0.326. The first-order valence-corrected chi connectivity index (χ1v) is 16.4. The van der Waals surface area contributed by atoms with E-state index in [1.165, 1.54) is 0 Å². The number of hydrogen-bond acceptors (Lipinski definition) is 7. The van der Waals surface area contributed by atoms with Gasteiger partial charge in [0, 0.05) is 62.6 Å². The van der Waals surface area contributed by atoms with Crippen molar-refractivity contribution in [1.29, 1.82) is 0 Å². The normalized spacial score (nSPS) is 17.5. The summed E-state index contributed by atoms with van der Waals surface area (Å²) in [5.74, 6) is -0.605. The number of para-hydroxylation sites is 1. The number of hydrogen-bond donors (Lipinski definition) is 1. The summed E-state index contributed by atoms with van der Waals surface area (Å²) in [5.41, 5.74) is 4.83. The highest BCUT2D eigenvalue weighted by molar-refractivity contribution is 6.40. The standard InChI is InChI=1S/C35H40Cl2N4O5/c1-35(2,3)21-38-9-11-39(12-10-38)25-18-28(36)31(29(37)19-25)33(42)41-20-24-5-4-6-26(32(24)46-22-41)23-7-8-27(34(43)44)30(17-23)40-13-15-45-16-14-40/h4-8,17-19H,9-16,20-22H2,1-3H3,(H,43,44). The highest BCUT2D eigenvalue weighted by atomic mass is 35.5. The van der Waals surface area contributed by atoms with Gasteiger partial charge in [0.05, 0.1) is 46.6 Å². The molecule has 1 N–H and O–H groups in total. The van der Waals surface area contributed by atoms with Crippen molar-refractivity contribution < 1.29 is 24.2 Å². The lowest BCUT2D eigenvalue weighted by atomic mass is 9.96. The van der Waals surface area contributed by atoms with Gasteiger partial charge in [-0.25, -0.2) is 4.79 Å². The third kappa shape index (κ3) is 6.93. The molecule has 0 bridgehead atoms. The summed E-state index contributed by atoms with van der Waals surface area (Å²) in [6, 6.07) is 14.8. The van der Waals surface area contributed by atoms with Crippen LogP contribution < -0.4 is 14.5 Å². The van der Waals surface area contributed by atoms with Crippen LogP contribution in [0.1, 0.15) is 47.1 Å². The molecular weight excluding hydrogens is 627 g/mol. The molecule has 2 saturated heterocycles. The van der Waals surface area contributed by atoms with E-state index in [-0.39, 0.29) is 29.2 Å². The first kappa shape index (κ1) is 32.4. The summed E-state index contributed by atoms with van der Waals surface area (Å²) in [6.07, 6.45) is 0. The van der Waals surface area contributed by atoms with Crippen LogP contribution in [-0.2, 0) is 11.3 Å². The Bertz CT molecular complexity index is 1600. The second kappa shape index (κ2) is 13.3. The Morgan fingerprint density at radius 2 is 1.59 bits per heavy atom. The van der Waals surface area contributed by atoms with Gasteiger partial charge >= 0.3 is 5.97 Å². The third-order valence-corrected chi connectivity index (χ3v) is 9.27. The van der Waals surface area contributed by atoms with Gasteiger partial charge in [-0.05, 0) is 35.2 Å². The molecule has 0 aromatic heterocycles. The number of nitrogens with zero attached hydrogens (tertiary/aromatic N) is 4. The van der Waals surface area contributed by atoms with Crippen LogP contribution in [0.25, 0.3) is 11.1 Å². The molecule has 2 fully saturated rings. The first-order chi connectivity index (χ1) is 22.0. The molecular formula is C35H40Cl2N4O5. The molecule has 0 aliphatic carbocycles. The molecule has 0 radical (unpaired) electrons. The predicted octanol–water partition coefficient (Wildman–Crippen LogP) is 6.36. The van der Waals surface area contributed by atoms with E-state index in [1.807, 2.05) is 41.3 Å². The van der Waals surface area contributed by atoms with Gasteiger partial charge in [0.2, 0.25) is 0 Å². The highest BCUT2D eigenvalue weighted by Gasteiger charge is 2.30.